The van der Waals surface area contributed by atoms with Gasteiger partial charge in [0, 0.05) is 13.0 Å². The Kier molecular flexibility index (Phi) is 11.3. The third-order valence-corrected chi connectivity index (χ3v) is 5.52. The van der Waals surface area contributed by atoms with E-state index >= 15 is 0 Å². The van der Waals surface area contributed by atoms with E-state index in [-0.39, 0.29) is 31.1 Å². The van der Waals surface area contributed by atoms with Crippen LogP contribution >= 0.6 is 0 Å². The van der Waals surface area contributed by atoms with Gasteiger partial charge >= 0.3 is 5.97 Å². The lowest BCUT2D eigenvalue weighted by molar-refractivity contribution is -0.143. The molecule has 11 heteroatoms. The molecule has 0 radical (unpaired) electrons. The molecule has 1 aliphatic heterocycles. The molecule has 1 aliphatic rings. The second-order valence-electron chi connectivity index (χ2n) is 9.52. The minimum absolute atomic E-state index is 0.0324. The lowest BCUT2D eigenvalue weighted by atomic mass is 10.00. The number of nitrogens with two attached hydrogens (primary N) is 2. The van der Waals surface area contributed by atoms with Crippen LogP contribution in [0.15, 0.2) is 0 Å². The Bertz CT molecular complexity index is 726. The van der Waals surface area contributed by atoms with Gasteiger partial charge in [-0.2, -0.15) is 0 Å². The molecule has 1 saturated heterocycles. The van der Waals surface area contributed by atoms with Crippen molar-refractivity contribution >= 4 is 29.6 Å². The summed E-state index contributed by atoms with van der Waals surface area (Å²) in [7, 11) is 0. The van der Waals surface area contributed by atoms with Gasteiger partial charge in [-0.1, -0.05) is 27.7 Å². The van der Waals surface area contributed by atoms with Gasteiger partial charge in [-0.25, -0.2) is 4.79 Å². The van der Waals surface area contributed by atoms with Gasteiger partial charge in [0.2, 0.25) is 23.6 Å². The average Bonchev–Trinajstić information content (AvgIpc) is 3.19. The molecule has 0 aliphatic carbocycles. The maximum Gasteiger partial charge on any atom is 0.326 e. The van der Waals surface area contributed by atoms with Crippen molar-refractivity contribution in [2.45, 2.75) is 90.4 Å². The zero-order valence-corrected chi connectivity index (χ0v) is 20.0. The van der Waals surface area contributed by atoms with Gasteiger partial charge in [0.15, 0.2) is 0 Å². The number of carboxylic acid groups (broad SMARTS) is 1. The summed E-state index contributed by atoms with van der Waals surface area (Å²) in [6.07, 6.45) is 1.64. The van der Waals surface area contributed by atoms with Crippen LogP contribution in [0.25, 0.3) is 0 Å². The van der Waals surface area contributed by atoms with Crippen LogP contribution in [0.1, 0.15) is 66.2 Å². The van der Waals surface area contributed by atoms with Gasteiger partial charge in [0.25, 0.3) is 0 Å². The number of carbonyl (C=O) groups is 5. The normalized spacial score (nSPS) is 18.6. The molecule has 0 spiro atoms. The summed E-state index contributed by atoms with van der Waals surface area (Å²) in [4.78, 5) is 62.5. The van der Waals surface area contributed by atoms with Gasteiger partial charge in [-0.05, 0) is 43.9 Å². The zero-order chi connectivity index (χ0) is 25.3. The standard InChI is InChI=1S/C22H39N5O6/c1-12(2)10-15(19(29)26-16(22(32)33)11-13(3)4)25-20(30)17-6-5-9-27(17)21(31)14(23)7-8-18(24)28/h12-17H,5-11,23H2,1-4H3,(H2,24,28)(H,25,30)(H,26,29)(H,32,33). The molecular weight excluding hydrogens is 430 g/mol. The number of aliphatic carboxylic acids is 1. The van der Waals surface area contributed by atoms with Gasteiger partial charge in [0.1, 0.15) is 18.1 Å². The fourth-order valence-corrected chi connectivity index (χ4v) is 3.87. The first-order chi connectivity index (χ1) is 15.3. The van der Waals surface area contributed by atoms with Crippen molar-refractivity contribution < 1.29 is 29.1 Å². The quantitative estimate of drug-likeness (QED) is 0.245. The van der Waals surface area contributed by atoms with Crippen molar-refractivity contribution in [1.82, 2.24) is 15.5 Å². The SMILES string of the molecule is CC(C)CC(NC(=O)C(CC(C)C)NC(=O)C1CCCN1C(=O)C(N)CCC(N)=O)C(=O)O. The van der Waals surface area contributed by atoms with Crippen LogP contribution in [0, 0.1) is 11.8 Å². The maximum atomic E-state index is 13.0. The second kappa shape index (κ2) is 13.1. The smallest absolute Gasteiger partial charge is 0.326 e. The van der Waals surface area contributed by atoms with Gasteiger partial charge in [0.05, 0.1) is 6.04 Å². The van der Waals surface area contributed by atoms with Gasteiger partial charge < -0.3 is 32.1 Å². The van der Waals surface area contributed by atoms with Crippen LogP contribution in [-0.2, 0) is 24.0 Å². The highest BCUT2D eigenvalue weighted by Gasteiger charge is 2.38. The number of nitrogens with zero attached hydrogens (tertiary/aromatic N) is 1. The van der Waals surface area contributed by atoms with E-state index in [1.54, 1.807) is 0 Å². The Morgan fingerprint density at radius 1 is 1.00 bits per heavy atom. The average molecular weight is 470 g/mol. The van der Waals surface area contributed by atoms with Crippen LogP contribution in [0.3, 0.4) is 0 Å². The summed E-state index contributed by atoms with van der Waals surface area (Å²) in [5.41, 5.74) is 11.0. The first-order valence-electron chi connectivity index (χ1n) is 11.5. The molecule has 4 atom stereocenters. The van der Waals surface area contributed by atoms with E-state index in [0.717, 1.165) is 0 Å². The Balaban J connectivity index is 2.89. The third kappa shape index (κ3) is 9.37. The number of likely N-dealkylation sites (tertiary alicyclic amines) is 1. The van der Waals surface area contributed by atoms with E-state index in [0.29, 0.717) is 25.8 Å². The molecule has 0 bridgehead atoms. The van der Waals surface area contributed by atoms with E-state index in [9.17, 15) is 29.1 Å². The van der Waals surface area contributed by atoms with Crippen molar-refractivity contribution in [3.05, 3.63) is 0 Å². The summed E-state index contributed by atoms with van der Waals surface area (Å²) >= 11 is 0. The van der Waals surface area contributed by atoms with Crippen molar-refractivity contribution in [2.75, 3.05) is 6.54 Å². The minimum Gasteiger partial charge on any atom is -0.480 e. The first kappa shape index (κ1) is 28.3. The molecule has 33 heavy (non-hydrogen) atoms. The van der Waals surface area contributed by atoms with Crippen molar-refractivity contribution in [3.8, 4) is 0 Å². The molecule has 1 rings (SSSR count). The lowest BCUT2D eigenvalue weighted by Crippen LogP contribution is -2.57. The van der Waals surface area contributed by atoms with Crippen LogP contribution in [-0.4, -0.2) is 70.3 Å². The van der Waals surface area contributed by atoms with Crippen molar-refractivity contribution in [2.24, 2.45) is 23.3 Å². The summed E-state index contributed by atoms with van der Waals surface area (Å²) in [5, 5.41) is 14.7. The van der Waals surface area contributed by atoms with E-state index in [1.807, 2.05) is 27.7 Å². The predicted octanol–water partition coefficient (Wildman–Crippen LogP) is -0.283. The molecule has 188 valence electrons. The van der Waals surface area contributed by atoms with E-state index < -0.39 is 53.8 Å². The number of amides is 4. The van der Waals surface area contributed by atoms with Crippen LogP contribution in [0.4, 0.5) is 0 Å². The Hall–Kier alpha value is -2.69. The fourth-order valence-electron chi connectivity index (χ4n) is 3.87. The molecule has 4 amide bonds. The molecule has 1 fully saturated rings. The highest BCUT2D eigenvalue weighted by Crippen LogP contribution is 2.20. The minimum atomic E-state index is -1.14. The zero-order valence-electron chi connectivity index (χ0n) is 20.0. The highest BCUT2D eigenvalue weighted by molar-refractivity contribution is 5.94. The number of nitrogens with one attached hydrogen (secondary N) is 2. The van der Waals surface area contributed by atoms with Gasteiger partial charge in [-0.3, -0.25) is 19.2 Å². The summed E-state index contributed by atoms with van der Waals surface area (Å²) < 4.78 is 0. The number of hydrogen-bond donors (Lipinski definition) is 5. The van der Waals surface area contributed by atoms with Crippen LogP contribution < -0.4 is 22.1 Å². The topological polar surface area (TPSA) is 185 Å². The Morgan fingerprint density at radius 3 is 2.09 bits per heavy atom. The number of rotatable bonds is 13. The molecule has 7 N–H and O–H groups in total. The molecule has 11 nitrogen and oxygen atoms in total. The van der Waals surface area contributed by atoms with Crippen LogP contribution in [0.2, 0.25) is 0 Å². The van der Waals surface area contributed by atoms with Crippen molar-refractivity contribution in [1.29, 1.82) is 0 Å². The largest absolute Gasteiger partial charge is 0.480 e. The summed E-state index contributed by atoms with van der Waals surface area (Å²) in [6, 6.07) is -3.73. The van der Waals surface area contributed by atoms with Crippen molar-refractivity contribution in [3.63, 3.8) is 0 Å². The Labute approximate surface area is 195 Å². The highest BCUT2D eigenvalue weighted by atomic mass is 16.4. The third-order valence-electron chi connectivity index (χ3n) is 5.52. The fraction of sp³-hybridized carbons (Fsp3) is 0.773. The van der Waals surface area contributed by atoms with Gasteiger partial charge in [-0.15, -0.1) is 0 Å². The lowest BCUT2D eigenvalue weighted by Gasteiger charge is -2.29. The predicted molar refractivity (Wildman–Crippen MR) is 122 cm³/mol. The number of hydrogen-bond acceptors (Lipinski definition) is 6. The molecule has 0 aromatic rings. The molecule has 0 aromatic carbocycles. The summed E-state index contributed by atoms with van der Waals surface area (Å²) in [6.45, 7) is 7.83. The second-order valence-corrected chi connectivity index (χ2v) is 9.52. The Morgan fingerprint density at radius 2 is 1.58 bits per heavy atom. The molecule has 1 heterocycles. The maximum absolute atomic E-state index is 13.0. The molecule has 0 aromatic heterocycles. The van der Waals surface area contributed by atoms with E-state index in [4.69, 9.17) is 11.5 Å². The monoisotopic (exact) mass is 469 g/mol. The number of primary amides is 1. The number of carboxylic acids is 1. The summed E-state index contributed by atoms with van der Waals surface area (Å²) in [5.74, 6) is -3.09. The molecular formula is C22H39N5O6. The molecule has 4 unspecified atom stereocenters. The van der Waals surface area contributed by atoms with Crippen LogP contribution in [0.5, 0.6) is 0 Å². The molecule has 0 saturated carbocycles. The van der Waals surface area contributed by atoms with E-state index in [2.05, 4.69) is 10.6 Å². The van der Waals surface area contributed by atoms with E-state index in [1.165, 1.54) is 4.90 Å². The first-order valence-corrected chi connectivity index (χ1v) is 11.5. The number of carbonyl (C=O) groups excluding carboxylic acids is 4.